The maximum absolute atomic E-state index is 4.59. The number of aromatic nitrogens is 5. The van der Waals surface area contributed by atoms with E-state index in [-0.39, 0.29) is 0 Å². The number of rotatable bonds is 3. The molecule has 1 saturated carbocycles. The van der Waals surface area contributed by atoms with Crippen molar-refractivity contribution in [3.05, 3.63) is 15.6 Å². The summed E-state index contributed by atoms with van der Waals surface area (Å²) in [6, 6.07) is 0. The molecule has 2 aromatic rings. The van der Waals surface area contributed by atoms with E-state index in [0.717, 1.165) is 15.1 Å². The zero-order valence-corrected chi connectivity index (χ0v) is 11.4. The van der Waals surface area contributed by atoms with Gasteiger partial charge in [0.2, 0.25) is 0 Å². The van der Waals surface area contributed by atoms with Crippen molar-refractivity contribution < 1.29 is 0 Å². The third-order valence-corrected chi connectivity index (χ3v) is 3.77. The van der Waals surface area contributed by atoms with Crippen molar-refractivity contribution in [1.29, 1.82) is 0 Å². The number of hydrogen-bond donors (Lipinski definition) is 2. The first-order valence-corrected chi connectivity index (χ1v) is 6.48. The molecule has 0 unspecified atom stereocenters. The number of halogens is 1. The van der Waals surface area contributed by atoms with Crippen molar-refractivity contribution >= 4 is 28.4 Å². The van der Waals surface area contributed by atoms with Crippen LogP contribution in [0.4, 0.5) is 5.82 Å². The van der Waals surface area contributed by atoms with Gasteiger partial charge in [-0.2, -0.15) is 5.10 Å². The number of H-pyrrole nitrogens is 1. The molecule has 0 radical (unpaired) electrons. The van der Waals surface area contributed by atoms with Gasteiger partial charge in [0, 0.05) is 13.0 Å². The fourth-order valence-electron chi connectivity index (χ4n) is 1.68. The van der Waals surface area contributed by atoms with E-state index in [0.29, 0.717) is 17.6 Å². The lowest BCUT2D eigenvalue weighted by Crippen LogP contribution is -2.05. The highest BCUT2D eigenvalue weighted by molar-refractivity contribution is 14.1. The topological polar surface area (TPSA) is 79.4 Å². The van der Waals surface area contributed by atoms with Crippen molar-refractivity contribution in [3.8, 4) is 11.6 Å². The SMILES string of the molecule is CNc1nc(-c2ncn[nH]2)nc(C2CC2)c1I. The summed E-state index contributed by atoms with van der Waals surface area (Å²) in [6.07, 6.45) is 3.89. The van der Waals surface area contributed by atoms with Gasteiger partial charge in [-0.1, -0.05) is 0 Å². The summed E-state index contributed by atoms with van der Waals surface area (Å²) in [5.41, 5.74) is 1.12. The van der Waals surface area contributed by atoms with Crippen LogP contribution in [0.25, 0.3) is 11.6 Å². The Morgan fingerprint density at radius 2 is 2.24 bits per heavy atom. The zero-order chi connectivity index (χ0) is 11.8. The van der Waals surface area contributed by atoms with Crippen LogP contribution < -0.4 is 5.32 Å². The number of aromatic amines is 1. The molecule has 6 nitrogen and oxygen atoms in total. The van der Waals surface area contributed by atoms with E-state index in [2.05, 4.69) is 53.1 Å². The van der Waals surface area contributed by atoms with E-state index >= 15 is 0 Å². The largest absolute Gasteiger partial charge is 0.372 e. The molecular formula is C10H11IN6. The van der Waals surface area contributed by atoms with Crippen molar-refractivity contribution in [2.24, 2.45) is 0 Å². The minimum absolute atomic E-state index is 0.582. The van der Waals surface area contributed by atoms with Gasteiger partial charge in [-0.3, -0.25) is 5.10 Å². The van der Waals surface area contributed by atoms with Gasteiger partial charge in [-0.25, -0.2) is 15.0 Å². The predicted octanol–water partition coefficient (Wildman–Crippen LogP) is 1.79. The molecule has 7 heteroatoms. The molecule has 88 valence electrons. The smallest absolute Gasteiger partial charge is 0.199 e. The van der Waals surface area contributed by atoms with Gasteiger partial charge < -0.3 is 5.32 Å². The summed E-state index contributed by atoms with van der Waals surface area (Å²) in [4.78, 5) is 13.1. The fourth-order valence-corrected chi connectivity index (χ4v) is 2.63. The number of hydrogen-bond acceptors (Lipinski definition) is 5. The lowest BCUT2D eigenvalue weighted by Gasteiger charge is -2.09. The maximum atomic E-state index is 4.59. The first-order valence-electron chi connectivity index (χ1n) is 5.40. The molecule has 1 aliphatic carbocycles. The Balaban J connectivity index is 2.13. The Kier molecular flexibility index (Phi) is 2.69. The molecule has 0 amide bonds. The van der Waals surface area contributed by atoms with E-state index in [1.165, 1.54) is 19.2 Å². The van der Waals surface area contributed by atoms with Gasteiger partial charge in [-0.05, 0) is 35.4 Å². The highest BCUT2D eigenvalue weighted by Gasteiger charge is 2.29. The molecular weight excluding hydrogens is 331 g/mol. The van der Waals surface area contributed by atoms with Gasteiger partial charge in [0.15, 0.2) is 11.6 Å². The maximum Gasteiger partial charge on any atom is 0.199 e. The molecule has 3 rings (SSSR count). The lowest BCUT2D eigenvalue weighted by atomic mass is 10.2. The summed E-state index contributed by atoms with van der Waals surface area (Å²) >= 11 is 2.30. The zero-order valence-electron chi connectivity index (χ0n) is 9.24. The minimum atomic E-state index is 0.582. The lowest BCUT2D eigenvalue weighted by molar-refractivity contribution is 0.962. The van der Waals surface area contributed by atoms with Crippen LogP contribution in [0.1, 0.15) is 24.5 Å². The molecule has 2 heterocycles. The van der Waals surface area contributed by atoms with Crippen molar-refractivity contribution in [3.63, 3.8) is 0 Å². The van der Waals surface area contributed by atoms with Crippen LogP contribution in [0.3, 0.4) is 0 Å². The number of anilines is 1. The van der Waals surface area contributed by atoms with Crippen LogP contribution >= 0.6 is 22.6 Å². The second-order valence-electron chi connectivity index (χ2n) is 3.95. The molecule has 0 bridgehead atoms. The van der Waals surface area contributed by atoms with Crippen molar-refractivity contribution in [1.82, 2.24) is 25.1 Å². The Hall–Kier alpha value is -1.25. The second kappa shape index (κ2) is 4.21. The van der Waals surface area contributed by atoms with E-state index < -0.39 is 0 Å². The molecule has 0 spiro atoms. The average Bonchev–Trinajstić information content (AvgIpc) is 3.04. The monoisotopic (exact) mass is 342 g/mol. The third kappa shape index (κ3) is 1.99. The molecule has 0 aromatic carbocycles. The van der Waals surface area contributed by atoms with E-state index in [1.807, 2.05) is 7.05 Å². The quantitative estimate of drug-likeness (QED) is 0.832. The average molecular weight is 342 g/mol. The highest BCUT2D eigenvalue weighted by atomic mass is 127. The van der Waals surface area contributed by atoms with Crippen LogP contribution in [0.15, 0.2) is 6.33 Å². The van der Waals surface area contributed by atoms with Gasteiger partial charge in [-0.15, -0.1) is 0 Å². The fraction of sp³-hybridized carbons (Fsp3) is 0.400. The Morgan fingerprint density at radius 1 is 1.41 bits per heavy atom. The van der Waals surface area contributed by atoms with Crippen LogP contribution in [0, 0.1) is 3.57 Å². The van der Waals surface area contributed by atoms with Crippen LogP contribution in [-0.4, -0.2) is 32.2 Å². The van der Waals surface area contributed by atoms with Crippen LogP contribution in [0.5, 0.6) is 0 Å². The highest BCUT2D eigenvalue weighted by Crippen LogP contribution is 2.42. The number of nitrogens with one attached hydrogen (secondary N) is 2. The number of nitrogens with zero attached hydrogens (tertiary/aromatic N) is 4. The normalized spacial score (nSPS) is 14.9. The van der Waals surface area contributed by atoms with Crippen LogP contribution in [-0.2, 0) is 0 Å². The Bertz CT molecular complexity index is 534. The first-order chi connectivity index (χ1) is 8.29. The molecule has 1 fully saturated rings. The van der Waals surface area contributed by atoms with Gasteiger partial charge >= 0.3 is 0 Å². The predicted molar refractivity (Wildman–Crippen MR) is 71.6 cm³/mol. The Morgan fingerprint density at radius 3 is 2.82 bits per heavy atom. The van der Waals surface area contributed by atoms with Gasteiger partial charge in [0.1, 0.15) is 12.1 Å². The summed E-state index contributed by atoms with van der Waals surface area (Å²) in [6.45, 7) is 0. The van der Waals surface area contributed by atoms with Gasteiger partial charge in [0.25, 0.3) is 0 Å². The molecule has 0 atom stereocenters. The van der Waals surface area contributed by atoms with Crippen molar-refractivity contribution in [2.45, 2.75) is 18.8 Å². The first kappa shape index (κ1) is 10.9. The minimum Gasteiger partial charge on any atom is -0.372 e. The van der Waals surface area contributed by atoms with Gasteiger partial charge in [0.05, 0.1) is 9.26 Å². The Labute approximate surface area is 112 Å². The summed E-state index contributed by atoms with van der Waals surface area (Å²) in [5, 5.41) is 9.72. The third-order valence-electron chi connectivity index (χ3n) is 2.70. The van der Waals surface area contributed by atoms with E-state index in [4.69, 9.17) is 0 Å². The molecule has 1 aliphatic rings. The molecule has 0 saturated heterocycles. The van der Waals surface area contributed by atoms with E-state index in [1.54, 1.807) is 0 Å². The molecule has 17 heavy (non-hydrogen) atoms. The van der Waals surface area contributed by atoms with E-state index in [9.17, 15) is 0 Å². The molecule has 2 N–H and O–H groups in total. The van der Waals surface area contributed by atoms with Crippen molar-refractivity contribution in [2.75, 3.05) is 12.4 Å². The molecule has 2 aromatic heterocycles. The second-order valence-corrected chi connectivity index (χ2v) is 5.03. The summed E-state index contributed by atoms with van der Waals surface area (Å²) in [7, 11) is 1.87. The summed E-state index contributed by atoms with van der Waals surface area (Å²) < 4.78 is 1.11. The van der Waals surface area contributed by atoms with Crippen LogP contribution in [0.2, 0.25) is 0 Å². The summed E-state index contributed by atoms with van der Waals surface area (Å²) in [5.74, 6) is 2.65. The molecule has 0 aliphatic heterocycles. The standard InChI is InChI=1S/C10H11IN6/c1-12-8-6(11)7(5-2-3-5)15-10(16-8)9-13-4-14-17-9/h4-5H,2-3H2,1H3,(H,12,15,16)(H,13,14,17).